The standard InChI is InChI=1S/C21H25N7OS2/c1-12-7-9-26(10-8-12)16(29)11-30-21-24-23-20-27(21)19-17(18-22-13(2)25-28(18)20)14-5-3-4-6-15(14)31-19/h12H,3-11H2,1-2H3. The lowest BCUT2D eigenvalue weighted by Gasteiger charge is -2.30. The van der Waals surface area contributed by atoms with Crippen molar-refractivity contribution in [3.05, 3.63) is 16.3 Å². The first kappa shape index (κ1) is 19.5. The van der Waals surface area contributed by atoms with E-state index in [9.17, 15) is 4.79 Å². The van der Waals surface area contributed by atoms with Crippen LogP contribution in [0.1, 0.15) is 48.9 Å². The van der Waals surface area contributed by atoms with Gasteiger partial charge in [0.2, 0.25) is 5.91 Å². The van der Waals surface area contributed by atoms with Crippen LogP contribution in [0.3, 0.4) is 0 Å². The molecule has 0 spiro atoms. The Morgan fingerprint density at radius 1 is 1.19 bits per heavy atom. The highest BCUT2D eigenvalue weighted by Gasteiger charge is 2.26. The first-order valence-corrected chi connectivity index (χ1v) is 12.9. The molecule has 6 rings (SSSR count). The van der Waals surface area contributed by atoms with Gasteiger partial charge in [-0.2, -0.15) is 4.52 Å². The summed E-state index contributed by atoms with van der Waals surface area (Å²) in [4.78, 5) is 22.1. The fourth-order valence-corrected chi connectivity index (χ4v) is 7.08. The average molecular weight is 456 g/mol. The number of carbonyl (C=O) groups excluding carboxylic acids is 1. The second-order valence-corrected chi connectivity index (χ2v) is 10.8. The first-order valence-electron chi connectivity index (χ1n) is 11.1. The molecule has 0 bridgehead atoms. The SMILES string of the molecule is Cc1nc2c3c4c(sc3n3c(SCC(=O)N5CCC(C)CC5)nnc3n2n1)CCCC4. The fraction of sp³-hybridized carbons (Fsp3) is 0.571. The Labute approximate surface area is 188 Å². The van der Waals surface area contributed by atoms with Crippen LogP contribution in [0.15, 0.2) is 5.16 Å². The molecule has 0 aromatic carbocycles. The summed E-state index contributed by atoms with van der Waals surface area (Å²) < 4.78 is 3.92. The Morgan fingerprint density at radius 2 is 2.00 bits per heavy atom. The van der Waals surface area contributed by atoms with Gasteiger partial charge in [-0.3, -0.25) is 4.79 Å². The van der Waals surface area contributed by atoms with Crippen molar-refractivity contribution >= 4 is 50.6 Å². The summed E-state index contributed by atoms with van der Waals surface area (Å²) in [5.41, 5.74) is 2.29. The van der Waals surface area contributed by atoms with E-state index in [0.29, 0.717) is 17.4 Å². The van der Waals surface area contributed by atoms with Crippen molar-refractivity contribution in [1.82, 2.24) is 34.1 Å². The molecule has 8 nitrogen and oxygen atoms in total. The van der Waals surface area contributed by atoms with Crippen molar-refractivity contribution in [3.8, 4) is 0 Å². The number of hydrogen-bond donors (Lipinski definition) is 0. The van der Waals surface area contributed by atoms with E-state index >= 15 is 0 Å². The van der Waals surface area contributed by atoms with Crippen molar-refractivity contribution in [2.24, 2.45) is 5.92 Å². The smallest absolute Gasteiger partial charge is 0.260 e. The molecule has 1 aliphatic heterocycles. The maximum Gasteiger partial charge on any atom is 0.260 e. The number of likely N-dealkylation sites (tertiary alicyclic amines) is 1. The highest BCUT2D eigenvalue weighted by molar-refractivity contribution is 7.99. The summed E-state index contributed by atoms with van der Waals surface area (Å²) >= 11 is 3.31. The number of thioether (sulfide) groups is 1. The zero-order valence-electron chi connectivity index (χ0n) is 17.8. The molecular weight excluding hydrogens is 430 g/mol. The molecule has 1 saturated heterocycles. The molecule has 31 heavy (non-hydrogen) atoms. The zero-order valence-corrected chi connectivity index (χ0v) is 19.4. The quantitative estimate of drug-likeness (QED) is 0.440. The van der Waals surface area contributed by atoms with Gasteiger partial charge >= 0.3 is 0 Å². The second kappa shape index (κ2) is 7.44. The minimum atomic E-state index is 0.188. The Hall–Kier alpha value is -2.20. The number of rotatable bonds is 3. The van der Waals surface area contributed by atoms with Gasteiger partial charge in [-0.05, 0) is 56.9 Å². The van der Waals surface area contributed by atoms with Gasteiger partial charge in [0.1, 0.15) is 10.7 Å². The summed E-state index contributed by atoms with van der Waals surface area (Å²) in [6.07, 6.45) is 6.83. The highest BCUT2D eigenvalue weighted by atomic mass is 32.2. The predicted octanol–water partition coefficient (Wildman–Crippen LogP) is 3.52. The van der Waals surface area contributed by atoms with Crippen molar-refractivity contribution < 1.29 is 4.79 Å². The lowest BCUT2D eigenvalue weighted by molar-refractivity contribution is -0.129. The van der Waals surface area contributed by atoms with Crippen LogP contribution in [0.4, 0.5) is 0 Å². The molecular formula is C21H25N7OS2. The van der Waals surface area contributed by atoms with Crippen LogP contribution >= 0.6 is 23.1 Å². The molecule has 2 aliphatic rings. The first-order chi connectivity index (χ1) is 15.1. The Kier molecular flexibility index (Phi) is 4.68. The average Bonchev–Trinajstić information content (AvgIpc) is 3.46. The third-order valence-electron chi connectivity index (χ3n) is 6.56. The Balaban J connectivity index is 1.42. The van der Waals surface area contributed by atoms with Gasteiger partial charge in [0.15, 0.2) is 10.8 Å². The van der Waals surface area contributed by atoms with E-state index in [-0.39, 0.29) is 5.91 Å². The van der Waals surface area contributed by atoms with E-state index in [4.69, 9.17) is 4.98 Å². The van der Waals surface area contributed by atoms with E-state index in [1.54, 1.807) is 0 Å². The van der Waals surface area contributed by atoms with Gasteiger partial charge in [0, 0.05) is 18.0 Å². The van der Waals surface area contributed by atoms with Crippen LogP contribution in [0, 0.1) is 12.8 Å². The summed E-state index contributed by atoms with van der Waals surface area (Å²) in [5, 5.41) is 15.5. The van der Waals surface area contributed by atoms with Crippen LogP contribution < -0.4 is 0 Å². The number of aromatic nitrogens is 6. The highest BCUT2D eigenvalue weighted by Crippen LogP contribution is 2.39. The van der Waals surface area contributed by atoms with Gasteiger partial charge in [0.25, 0.3) is 5.78 Å². The second-order valence-electron chi connectivity index (χ2n) is 8.76. The van der Waals surface area contributed by atoms with Crippen molar-refractivity contribution in [2.45, 2.75) is 57.5 Å². The van der Waals surface area contributed by atoms with E-state index < -0.39 is 0 Å². The van der Waals surface area contributed by atoms with Crippen molar-refractivity contribution in [1.29, 1.82) is 0 Å². The summed E-state index contributed by atoms with van der Waals surface area (Å²) in [6, 6.07) is 0. The third kappa shape index (κ3) is 3.14. The van der Waals surface area contributed by atoms with Crippen LogP contribution in [-0.4, -0.2) is 58.8 Å². The van der Waals surface area contributed by atoms with E-state index in [2.05, 4.69) is 26.6 Å². The molecule has 4 aromatic heterocycles. The molecule has 5 heterocycles. The van der Waals surface area contributed by atoms with Gasteiger partial charge in [-0.15, -0.1) is 26.6 Å². The number of fused-ring (bicyclic) bond motifs is 8. The third-order valence-corrected chi connectivity index (χ3v) is 8.75. The molecule has 0 N–H and O–H groups in total. The molecule has 0 radical (unpaired) electrons. The van der Waals surface area contributed by atoms with Crippen LogP contribution in [-0.2, 0) is 17.6 Å². The normalized spacial score (nSPS) is 17.8. The fourth-order valence-electron chi connectivity index (χ4n) is 4.80. The zero-order chi connectivity index (χ0) is 21.1. The molecule has 0 atom stereocenters. The van der Waals surface area contributed by atoms with Crippen LogP contribution in [0.2, 0.25) is 0 Å². The minimum Gasteiger partial charge on any atom is -0.342 e. The molecule has 162 valence electrons. The lowest BCUT2D eigenvalue weighted by atomic mass is 9.97. The van der Waals surface area contributed by atoms with Crippen LogP contribution in [0.5, 0.6) is 0 Å². The maximum absolute atomic E-state index is 12.8. The Morgan fingerprint density at radius 3 is 2.84 bits per heavy atom. The number of carbonyl (C=O) groups is 1. The number of thiophene rings is 1. The topological polar surface area (TPSA) is 80.7 Å². The summed E-state index contributed by atoms with van der Waals surface area (Å²) in [5.74, 6) is 2.69. The molecule has 0 saturated carbocycles. The van der Waals surface area contributed by atoms with Gasteiger partial charge in [-0.1, -0.05) is 18.7 Å². The summed E-state index contributed by atoms with van der Waals surface area (Å²) in [7, 11) is 0. The number of piperidine rings is 1. The van der Waals surface area contributed by atoms with Gasteiger partial charge < -0.3 is 4.90 Å². The van der Waals surface area contributed by atoms with Crippen molar-refractivity contribution in [2.75, 3.05) is 18.8 Å². The monoisotopic (exact) mass is 455 g/mol. The largest absolute Gasteiger partial charge is 0.342 e. The maximum atomic E-state index is 12.8. The van der Waals surface area contributed by atoms with Gasteiger partial charge in [-0.25, -0.2) is 9.38 Å². The summed E-state index contributed by atoms with van der Waals surface area (Å²) in [6.45, 7) is 5.90. The Bertz CT molecular complexity index is 1310. The van der Waals surface area contributed by atoms with Crippen LogP contribution in [0.25, 0.3) is 21.6 Å². The van der Waals surface area contributed by atoms with Crippen molar-refractivity contribution in [3.63, 3.8) is 0 Å². The van der Waals surface area contributed by atoms with E-state index in [0.717, 1.165) is 60.2 Å². The molecule has 4 aromatic rings. The molecule has 1 amide bonds. The number of hydrogen-bond acceptors (Lipinski definition) is 7. The van der Waals surface area contributed by atoms with E-state index in [1.807, 2.05) is 27.7 Å². The number of aryl methyl sites for hydroxylation is 3. The molecule has 0 unspecified atom stereocenters. The lowest BCUT2D eigenvalue weighted by Crippen LogP contribution is -2.38. The number of amides is 1. The van der Waals surface area contributed by atoms with Gasteiger partial charge in [0.05, 0.1) is 11.1 Å². The number of nitrogens with zero attached hydrogens (tertiary/aromatic N) is 7. The molecule has 1 fully saturated rings. The minimum absolute atomic E-state index is 0.188. The predicted molar refractivity (Wildman–Crippen MR) is 122 cm³/mol. The van der Waals surface area contributed by atoms with E-state index in [1.165, 1.54) is 40.4 Å². The molecule has 10 heteroatoms. The molecule has 1 aliphatic carbocycles.